The molecule has 1 fully saturated rings. The van der Waals surface area contributed by atoms with Crippen LogP contribution in [-0.4, -0.2) is 42.0 Å². The quantitative estimate of drug-likeness (QED) is 0.789. The molecule has 2 unspecified atom stereocenters. The summed E-state index contributed by atoms with van der Waals surface area (Å²) in [6.45, 7) is 4.80. The first kappa shape index (κ1) is 14.1. The smallest absolute Gasteiger partial charge is 0.0650 e. The molecule has 2 heterocycles. The molecule has 21 heavy (non-hydrogen) atoms. The highest BCUT2D eigenvalue weighted by atomic mass is 16.5. The van der Waals surface area contributed by atoms with Crippen molar-refractivity contribution in [3.8, 4) is 11.3 Å². The van der Waals surface area contributed by atoms with E-state index in [0.717, 1.165) is 43.1 Å². The van der Waals surface area contributed by atoms with Crippen molar-refractivity contribution in [1.82, 2.24) is 15.5 Å². The van der Waals surface area contributed by atoms with Crippen LogP contribution in [0.25, 0.3) is 11.3 Å². The molecule has 112 valence electrons. The van der Waals surface area contributed by atoms with Crippen LogP contribution in [0.3, 0.4) is 0 Å². The summed E-state index contributed by atoms with van der Waals surface area (Å²) in [6, 6.07) is 11.2. The number of aromatic nitrogens is 2. The molecule has 2 aromatic rings. The minimum atomic E-state index is 0.405. The number of H-pyrrole nitrogens is 1. The molecule has 0 amide bonds. The zero-order valence-corrected chi connectivity index (χ0v) is 12.3. The summed E-state index contributed by atoms with van der Waals surface area (Å²) in [5.74, 6) is 0. The van der Waals surface area contributed by atoms with Gasteiger partial charge in [-0.2, -0.15) is 5.10 Å². The monoisotopic (exact) mass is 286 g/mol. The summed E-state index contributed by atoms with van der Waals surface area (Å²) >= 11 is 0. The lowest BCUT2D eigenvalue weighted by molar-refractivity contribution is 0.0731. The molecule has 1 aliphatic heterocycles. The van der Waals surface area contributed by atoms with Gasteiger partial charge < -0.3 is 15.4 Å². The molecule has 1 aromatic carbocycles. The lowest BCUT2D eigenvalue weighted by Gasteiger charge is -2.27. The Morgan fingerprint density at radius 3 is 2.86 bits per heavy atom. The molecule has 0 spiro atoms. The second kappa shape index (κ2) is 6.74. The summed E-state index contributed by atoms with van der Waals surface area (Å²) in [5.41, 5.74) is 3.33. The Morgan fingerprint density at radius 2 is 2.19 bits per heavy atom. The van der Waals surface area contributed by atoms with E-state index in [1.165, 1.54) is 0 Å². The van der Waals surface area contributed by atoms with Crippen LogP contribution >= 0.6 is 0 Å². The zero-order valence-electron chi connectivity index (χ0n) is 12.3. The summed E-state index contributed by atoms with van der Waals surface area (Å²) in [4.78, 5) is 0. The molecule has 3 rings (SSSR count). The Balaban J connectivity index is 1.54. The fourth-order valence-corrected chi connectivity index (χ4v) is 2.70. The minimum Gasteiger partial charge on any atom is -0.383 e. The number of anilines is 1. The van der Waals surface area contributed by atoms with E-state index in [-0.39, 0.29) is 0 Å². The number of hydrogen-bond donors (Lipinski definition) is 3. The van der Waals surface area contributed by atoms with E-state index in [2.05, 4.69) is 52.0 Å². The van der Waals surface area contributed by atoms with Gasteiger partial charge in [0.2, 0.25) is 0 Å². The normalized spacial score (nSPS) is 20.1. The van der Waals surface area contributed by atoms with Crippen molar-refractivity contribution in [3.05, 3.63) is 36.5 Å². The van der Waals surface area contributed by atoms with E-state index in [4.69, 9.17) is 4.74 Å². The largest absolute Gasteiger partial charge is 0.383 e. The standard InChI is InChI=1S/C16H22N4O/c1-12(10-15-11-21-9-8-17-15)19-14-4-2-13(3-5-14)16-6-7-18-20-16/h2-7,12,15,17,19H,8-11H2,1H3,(H,18,20). The molecule has 5 nitrogen and oxygen atoms in total. The van der Waals surface area contributed by atoms with Crippen LogP contribution in [-0.2, 0) is 4.74 Å². The molecule has 1 saturated heterocycles. The van der Waals surface area contributed by atoms with E-state index in [0.29, 0.717) is 12.1 Å². The number of morpholine rings is 1. The SMILES string of the molecule is CC(CC1COCCN1)Nc1ccc(-c2ccn[nH]2)cc1. The molecule has 5 heteroatoms. The van der Waals surface area contributed by atoms with Gasteiger partial charge in [0.1, 0.15) is 0 Å². The third-order valence-electron chi connectivity index (χ3n) is 3.75. The maximum atomic E-state index is 5.49. The zero-order chi connectivity index (χ0) is 14.5. The molecular formula is C16H22N4O. The van der Waals surface area contributed by atoms with Gasteiger partial charge in [-0.1, -0.05) is 12.1 Å². The summed E-state index contributed by atoms with van der Waals surface area (Å²) < 4.78 is 5.49. The minimum absolute atomic E-state index is 0.405. The van der Waals surface area contributed by atoms with Gasteiger partial charge in [-0.15, -0.1) is 0 Å². The van der Waals surface area contributed by atoms with Gasteiger partial charge in [-0.05, 0) is 37.1 Å². The van der Waals surface area contributed by atoms with Gasteiger partial charge in [0.25, 0.3) is 0 Å². The molecule has 3 N–H and O–H groups in total. The van der Waals surface area contributed by atoms with Gasteiger partial charge in [0.15, 0.2) is 0 Å². The van der Waals surface area contributed by atoms with Crippen molar-refractivity contribution in [3.63, 3.8) is 0 Å². The van der Waals surface area contributed by atoms with Gasteiger partial charge >= 0.3 is 0 Å². The number of nitrogens with zero attached hydrogens (tertiary/aromatic N) is 1. The number of ether oxygens (including phenoxy) is 1. The van der Waals surface area contributed by atoms with Crippen LogP contribution < -0.4 is 10.6 Å². The summed E-state index contributed by atoms with van der Waals surface area (Å²) in [5, 5.41) is 14.0. The van der Waals surface area contributed by atoms with Crippen LogP contribution in [0.15, 0.2) is 36.5 Å². The van der Waals surface area contributed by atoms with E-state index in [1.807, 2.05) is 6.07 Å². The fraction of sp³-hybridized carbons (Fsp3) is 0.438. The van der Waals surface area contributed by atoms with Crippen molar-refractivity contribution in [1.29, 1.82) is 0 Å². The second-order valence-electron chi connectivity index (χ2n) is 5.55. The van der Waals surface area contributed by atoms with E-state index >= 15 is 0 Å². The molecule has 1 aromatic heterocycles. The molecular weight excluding hydrogens is 264 g/mol. The second-order valence-corrected chi connectivity index (χ2v) is 5.55. The van der Waals surface area contributed by atoms with Crippen LogP contribution in [0.1, 0.15) is 13.3 Å². The van der Waals surface area contributed by atoms with Crippen LogP contribution in [0.2, 0.25) is 0 Å². The van der Waals surface area contributed by atoms with Crippen molar-refractivity contribution in [2.24, 2.45) is 0 Å². The van der Waals surface area contributed by atoms with Crippen LogP contribution in [0.5, 0.6) is 0 Å². The average molecular weight is 286 g/mol. The first-order valence-electron chi connectivity index (χ1n) is 7.49. The predicted molar refractivity (Wildman–Crippen MR) is 84.3 cm³/mol. The maximum Gasteiger partial charge on any atom is 0.0650 e. The van der Waals surface area contributed by atoms with Crippen molar-refractivity contribution < 1.29 is 4.74 Å². The summed E-state index contributed by atoms with van der Waals surface area (Å²) in [6.07, 6.45) is 2.82. The third-order valence-corrected chi connectivity index (χ3v) is 3.75. The molecule has 0 aliphatic carbocycles. The van der Waals surface area contributed by atoms with Crippen molar-refractivity contribution >= 4 is 5.69 Å². The van der Waals surface area contributed by atoms with E-state index < -0.39 is 0 Å². The van der Waals surface area contributed by atoms with Gasteiger partial charge in [-0.25, -0.2) is 0 Å². The first-order chi connectivity index (χ1) is 10.3. The first-order valence-corrected chi connectivity index (χ1v) is 7.49. The Bertz CT molecular complexity index is 532. The highest BCUT2D eigenvalue weighted by Crippen LogP contribution is 2.19. The predicted octanol–water partition coefficient (Wildman–Crippen LogP) is 2.26. The Kier molecular flexibility index (Phi) is 4.52. The summed E-state index contributed by atoms with van der Waals surface area (Å²) in [7, 11) is 0. The number of benzene rings is 1. The van der Waals surface area contributed by atoms with E-state index in [9.17, 15) is 0 Å². The van der Waals surface area contributed by atoms with Gasteiger partial charge in [0, 0.05) is 30.5 Å². The molecule has 1 aliphatic rings. The molecule has 0 radical (unpaired) electrons. The topological polar surface area (TPSA) is 62.0 Å². The Hall–Kier alpha value is -1.85. The van der Waals surface area contributed by atoms with Crippen LogP contribution in [0, 0.1) is 0 Å². The fourth-order valence-electron chi connectivity index (χ4n) is 2.70. The highest BCUT2D eigenvalue weighted by Gasteiger charge is 2.16. The lowest BCUT2D eigenvalue weighted by Crippen LogP contribution is -2.43. The molecule has 2 atom stereocenters. The Morgan fingerprint density at radius 1 is 1.33 bits per heavy atom. The number of hydrogen-bond acceptors (Lipinski definition) is 4. The lowest BCUT2D eigenvalue weighted by atomic mass is 10.1. The number of nitrogens with one attached hydrogen (secondary N) is 3. The van der Waals surface area contributed by atoms with Crippen molar-refractivity contribution in [2.75, 3.05) is 25.1 Å². The maximum absolute atomic E-state index is 5.49. The van der Waals surface area contributed by atoms with Gasteiger partial charge in [0.05, 0.1) is 18.9 Å². The number of aromatic amines is 1. The number of rotatable bonds is 5. The average Bonchev–Trinajstić information content (AvgIpc) is 3.03. The highest BCUT2D eigenvalue weighted by molar-refractivity contribution is 5.62. The van der Waals surface area contributed by atoms with E-state index in [1.54, 1.807) is 6.20 Å². The van der Waals surface area contributed by atoms with Crippen molar-refractivity contribution in [2.45, 2.75) is 25.4 Å². The Labute approximate surface area is 125 Å². The third kappa shape index (κ3) is 3.83. The molecule has 0 bridgehead atoms. The van der Waals surface area contributed by atoms with Crippen LogP contribution in [0.4, 0.5) is 5.69 Å². The molecule has 0 saturated carbocycles. The van der Waals surface area contributed by atoms with Gasteiger partial charge in [-0.3, -0.25) is 5.10 Å².